The van der Waals surface area contributed by atoms with Gasteiger partial charge >= 0.3 is 0 Å². The average Bonchev–Trinajstić information content (AvgIpc) is 3.09. The van der Waals surface area contributed by atoms with Crippen molar-refractivity contribution >= 4 is 40.7 Å². The van der Waals surface area contributed by atoms with Crippen molar-refractivity contribution in [1.82, 2.24) is 19.1 Å². The van der Waals surface area contributed by atoms with E-state index in [-0.39, 0.29) is 24.8 Å². The monoisotopic (exact) mass is 402 g/mol. The number of aryl methyl sites for hydroxylation is 1. The Balaban J connectivity index is 0.00000121. The van der Waals surface area contributed by atoms with Crippen molar-refractivity contribution < 1.29 is 0 Å². The van der Waals surface area contributed by atoms with Gasteiger partial charge in [-0.1, -0.05) is 22.9 Å². The van der Waals surface area contributed by atoms with Gasteiger partial charge in [0, 0.05) is 35.2 Å². The number of benzene rings is 1. The minimum atomic E-state index is 0. The Labute approximate surface area is 150 Å². The summed E-state index contributed by atoms with van der Waals surface area (Å²) in [6.45, 7) is 2.87. The van der Waals surface area contributed by atoms with Gasteiger partial charge in [-0.3, -0.25) is 0 Å². The van der Waals surface area contributed by atoms with Gasteiger partial charge < -0.3 is 9.13 Å². The fraction of sp³-hybridized carbons (Fsp3) is 0.200. The summed E-state index contributed by atoms with van der Waals surface area (Å²) >= 11 is 3.44. The Morgan fingerprint density at radius 2 is 1.82 bits per heavy atom. The second kappa shape index (κ2) is 8.36. The molecule has 4 nitrogen and oxygen atoms in total. The Morgan fingerprint density at radius 1 is 1.09 bits per heavy atom. The lowest BCUT2D eigenvalue weighted by molar-refractivity contribution is 0.719. The topological polar surface area (TPSA) is 35.6 Å². The molecule has 0 radical (unpaired) electrons. The van der Waals surface area contributed by atoms with E-state index in [4.69, 9.17) is 0 Å². The van der Waals surface area contributed by atoms with Crippen LogP contribution >= 0.6 is 40.7 Å². The van der Waals surface area contributed by atoms with Crippen molar-refractivity contribution in [3.63, 3.8) is 0 Å². The summed E-state index contributed by atoms with van der Waals surface area (Å²) in [6.07, 6.45) is 8.67. The summed E-state index contributed by atoms with van der Waals surface area (Å²) < 4.78 is 5.24. The highest BCUT2D eigenvalue weighted by Crippen LogP contribution is 2.15. The molecule has 0 bridgehead atoms. The third-order valence-corrected chi connectivity index (χ3v) is 3.74. The van der Waals surface area contributed by atoms with Gasteiger partial charge in [0.1, 0.15) is 5.82 Å². The lowest BCUT2D eigenvalue weighted by Crippen LogP contribution is -2.03. The number of imidazole rings is 2. The summed E-state index contributed by atoms with van der Waals surface area (Å²) in [6, 6.07) is 8.18. The molecule has 2 aromatic heterocycles. The molecule has 0 saturated carbocycles. The highest BCUT2D eigenvalue weighted by molar-refractivity contribution is 9.10. The third-order valence-electron chi connectivity index (χ3n) is 3.21. The zero-order valence-corrected chi connectivity index (χ0v) is 15.2. The number of nitrogens with zero attached hydrogens (tertiary/aromatic N) is 4. The van der Waals surface area contributed by atoms with Crippen LogP contribution in [0, 0.1) is 0 Å². The molecule has 118 valence electrons. The van der Waals surface area contributed by atoms with Gasteiger partial charge in [-0.25, -0.2) is 9.97 Å². The zero-order chi connectivity index (χ0) is 13.9. The normalized spacial score (nSPS) is 9.91. The minimum Gasteiger partial charge on any atom is -0.329 e. The van der Waals surface area contributed by atoms with Gasteiger partial charge in [0.15, 0.2) is 0 Å². The van der Waals surface area contributed by atoms with Crippen LogP contribution in [0.5, 0.6) is 0 Å². The Bertz CT molecular complexity index is 706. The maximum atomic E-state index is 4.47. The highest BCUT2D eigenvalue weighted by atomic mass is 79.9. The summed E-state index contributed by atoms with van der Waals surface area (Å²) in [7, 11) is 0. The van der Waals surface area contributed by atoms with Crippen LogP contribution in [0.2, 0.25) is 0 Å². The van der Waals surface area contributed by atoms with Crippen LogP contribution in [0.1, 0.15) is 18.4 Å². The maximum Gasteiger partial charge on any atom is 0.108 e. The Kier molecular flexibility index (Phi) is 7.13. The highest BCUT2D eigenvalue weighted by Gasteiger charge is 2.05. The SMILES string of the molecule is CCc1nccn1Cc1cn(-c2ccc(Br)cc2)cn1.Cl.Cl. The van der Waals surface area contributed by atoms with E-state index in [1.165, 1.54) is 0 Å². The predicted molar refractivity (Wildman–Crippen MR) is 96.5 cm³/mol. The van der Waals surface area contributed by atoms with Gasteiger partial charge in [0.25, 0.3) is 0 Å². The molecule has 3 aromatic rings. The molecule has 0 amide bonds. The molecule has 22 heavy (non-hydrogen) atoms. The van der Waals surface area contributed by atoms with Gasteiger partial charge in [-0.2, -0.15) is 0 Å². The Morgan fingerprint density at radius 3 is 2.50 bits per heavy atom. The lowest BCUT2D eigenvalue weighted by atomic mass is 10.3. The molecule has 0 aliphatic rings. The van der Waals surface area contributed by atoms with Crippen LogP contribution in [0.4, 0.5) is 0 Å². The molecule has 0 atom stereocenters. The number of hydrogen-bond acceptors (Lipinski definition) is 2. The molecular formula is C15H17BrCl2N4. The average molecular weight is 404 g/mol. The van der Waals surface area contributed by atoms with Crippen LogP contribution in [-0.4, -0.2) is 19.1 Å². The van der Waals surface area contributed by atoms with Gasteiger partial charge in [-0.15, -0.1) is 24.8 Å². The van der Waals surface area contributed by atoms with Gasteiger partial charge in [-0.05, 0) is 24.3 Å². The van der Waals surface area contributed by atoms with E-state index in [9.17, 15) is 0 Å². The fourth-order valence-corrected chi connectivity index (χ4v) is 2.44. The molecule has 0 N–H and O–H groups in total. The molecule has 0 spiro atoms. The van der Waals surface area contributed by atoms with E-state index in [1.807, 2.05) is 35.4 Å². The van der Waals surface area contributed by atoms with Crippen molar-refractivity contribution in [1.29, 1.82) is 0 Å². The molecule has 0 aliphatic carbocycles. The zero-order valence-electron chi connectivity index (χ0n) is 12.0. The second-order valence-corrected chi connectivity index (χ2v) is 5.49. The molecule has 7 heteroatoms. The first-order valence-corrected chi connectivity index (χ1v) is 7.34. The fourth-order valence-electron chi connectivity index (χ4n) is 2.17. The summed E-state index contributed by atoms with van der Waals surface area (Å²) in [5, 5.41) is 0. The standard InChI is InChI=1S/C15H15BrN4.2ClH/c1-2-15-17-7-8-19(15)9-13-10-20(11-18-13)14-5-3-12(16)4-6-14;;/h3-8,10-11H,2,9H2,1H3;2*1H. The largest absolute Gasteiger partial charge is 0.329 e. The first-order valence-electron chi connectivity index (χ1n) is 6.55. The van der Waals surface area contributed by atoms with E-state index in [2.05, 4.69) is 55.7 Å². The molecule has 0 unspecified atom stereocenters. The molecule has 2 heterocycles. The van der Waals surface area contributed by atoms with Crippen LogP contribution in [0.3, 0.4) is 0 Å². The first kappa shape index (κ1) is 18.7. The molecule has 3 rings (SSSR count). The van der Waals surface area contributed by atoms with Gasteiger partial charge in [0.2, 0.25) is 0 Å². The van der Waals surface area contributed by atoms with Crippen LogP contribution in [0.25, 0.3) is 5.69 Å². The second-order valence-electron chi connectivity index (χ2n) is 4.57. The minimum absolute atomic E-state index is 0. The Hall–Kier alpha value is -1.30. The van der Waals surface area contributed by atoms with Crippen molar-refractivity contribution in [2.75, 3.05) is 0 Å². The van der Waals surface area contributed by atoms with E-state index in [0.717, 1.165) is 34.6 Å². The lowest BCUT2D eigenvalue weighted by Gasteiger charge is -2.04. The molecule has 0 aliphatic heterocycles. The van der Waals surface area contributed by atoms with Crippen LogP contribution in [0.15, 0.2) is 53.7 Å². The van der Waals surface area contributed by atoms with Crippen molar-refractivity contribution in [3.05, 3.63) is 65.2 Å². The number of halogens is 3. The van der Waals surface area contributed by atoms with Crippen molar-refractivity contribution in [2.45, 2.75) is 19.9 Å². The van der Waals surface area contributed by atoms with E-state index in [0.29, 0.717) is 0 Å². The van der Waals surface area contributed by atoms with E-state index < -0.39 is 0 Å². The predicted octanol–water partition coefficient (Wildman–Crippen LogP) is 4.29. The third kappa shape index (κ3) is 4.12. The smallest absolute Gasteiger partial charge is 0.108 e. The number of aromatic nitrogens is 4. The molecule has 0 fully saturated rings. The maximum absolute atomic E-state index is 4.47. The summed E-state index contributed by atoms with van der Waals surface area (Å²) in [4.78, 5) is 8.80. The summed E-state index contributed by atoms with van der Waals surface area (Å²) in [5.41, 5.74) is 2.13. The van der Waals surface area contributed by atoms with E-state index >= 15 is 0 Å². The van der Waals surface area contributed by atoms with Crippen molar-refractivity contribution in [2.24, 2.45) is 0 Å². The first-order chi connectivity index (χ1) is 9.76. The van der Waals surface area contributed by atoms with Crippen LogP contribution < -0.4 is 0 Å². The van der Waals surface area contributed by atoms with E-state index in [1.54, 1.807) is 0 Å². The summed E-state index contributed by atoms with van der Waals surface area (Å²) in [5.74, 6) is 1.09. The van der Waals surface area contributed by atoms with Crippen LogP contribution in [-0.2, 0) is 13.0 Å². The molecular weight excluding hydrogens is 387 g/mol. The number of hydrogen-bond donors (Lipinski definition) is 0. The molecule has 0 saturated heterocycles. The quantitative estimate of drug-likeness (QED) is 0.651. The van der Waals surface area contributed by atoms with Crippen molar-refractivity contribution in [3.8, 4) is 5.69 Å². The molecule has 1 aromatic carbocycles. The van der Waals surface area contributed by atoms with Gasteiger partial charge in [0.05, 0.1) is 18.6 Å². The number of rotatable bonds is 4.